The van der Waals surface area contributed by atoms with Crippen molar-refractivity contribution in [2.45, 2.75) is 33.6 Å². The second kappa shape index (κ2) is 6.70. The number of amides is 1. The number of rotatable bonds is 6. The number of nitrogen functional groups attached to an aromatic ring is 1. The molecule has 112 valence electrons. The van der Waals surface area contributed by atoms with Gasteiger partial charge in [-0.3, -0.25) is 4.79 Å². The first-order valence-corrected chi connectivity index (χ1v) is 6.71. The van der Waals surface area contributed by atoms with E-state index in [-0.39, 0.29) is 29.2 Å². The predicted octanol–water partition coefficient (Wildman–Crippen LogP) is 2.24. The molecule has 0 bridgehead atoms. The van der Waals surface area contributed by atoms with Crippen LogP contribution in [0.2, 0.25) is 0 Å². The van der Waals surface area contributed by atoms with Crippen LogP contribution in [0.5, 0.6) is 0 Å². The fraction of sp³-hybridized carbons (Fsp3) is 0.533. The van der Waals surface area contributed by atoms with E-state index in [1.54, 1.807) is 6.92 Å². The minimum atomic E-state index is -0.477. The SMILES string of the molecule is Cc1c(N)cc(C(=O)NCC(C)(C)CCCO)cc1F. The second-order valence-electron chi connectivity index (χ2n) is 5.85. The number of anilines is 1. The average Bonchev–Trinajstić information content (AvgIpc) is 2.39. The Labute approximate surface area is 119 Å². The minimum absolute atomic E-state index is 0.118. The van der Waals surface area contributed by atoms with Crippen molar-refractivity contribution in [2.24, 2.45) is 5.41 Å². The van der Waals surface area contributed by atoms with Crippen molar-refractivity contribution < 1.29 is 14.3 Å². The Hall–Kier alpha value is -1.62. The molecular weight excluding hydrogens is 259 g/mol. The summed E-state index contributed by atoms with van der Waals surface area (Å²) in [5.74, 6) is -0.817. The van der Waals surface area contributed by atoms with Gasteiger partial charge in [-0.15, -0.1) is 0 Å². The number of carbonyl (C=O) groups excluding carboxylic acids is 1. The van der Waals surface area contributed by atoms with E-state index in [1.165, 1.54) is 12.1 Å². The predicted molar refractivity (Wildman–Crippen MR) is 78.0 cm³/mol. The maximum absolute atomic E-state index is 13.6. The lowest BCUT2D eigenvalue weighted by Gasteiger charge is -2.24. The molecular formula is C15H23FN2O2. The number of hydrogen-bond donors (Lipinski definition) is 3. The molecule has 1 amide bonds. The minimum Gasteiger partial charge on any atom is -0.398 e. The van der Waals surface area contributed by atoms with Gasteiger partial charge in [0.2, 0.25) is 0 Å². The highest BCUT2D eigenvalue weighted by atomic mass is 19.1. The van der Waals surface area contributed by atoms with Crippen molar-refractivity contribution >= 4 is 11.6 Å². The third-order valence-electron chi connectivity index (χ3n) is 3.39. The maximum Gasteiger partial charge on any atom is 0.251 e. The van der Waals surface area contributed by atoms with Crippen LogP contribution in [0.25, 0.3) is 0 Å². The van der Waals surface area contributed by atoms with Gasteiger partial charge in [0, 0.05) is 30.0 Å². The van der Waals surface area contributed by atoms with Crippen molar-refractivity contribution in [3.63, 3.8) is 0 Å². The largest absolute Gasteiger partial charge is 0.398 e. The normalized spacial score (nSPS) is 11.4. The van der Waals surface area contributed by atoms with E-state index in [0.29, 0.717) is 18.5 Å². The topological polar surface area (TPSA) is 75.4 Å². The number of aliphatic hydroxyl groups excluding tert-OH is 1. The molecule has 4 nitrogen and oxygen atoms in total. The fourth-order valence-corrected chi connectivity index (χ4v) is 1.90. The molecule has 0 spiro atoms. The molecule has 0 aliphatic rings. The van der Waals surface area contributed by atoms with E-state index in [0.717, 1.165) is 6.42 Å². The highest BCUT2D eigenvalue weighted by molar-refractivity contribution is 5.95. The van der Waals surface area contributed by atoms with Crippen LogP contribution < -0.4 is 11.1 Å². The molecule has 0 radical (unpaired) electrons. The molecule has 0 aliphatic heterocycles. The van der Waals surface area contributed by atoms with E-state index < -0.39 is 5.82 Å². The highest BCUT2D eigenvalue weighted by Gasteiger charge is 2.19. The summed E-state index contributed by atoms with van der Waals surface area (Å²) >= 11 is 0. The molecule has 0 atom stereocenters. The molecule has 5 heteroatoms. The van der Waals surface area contributed by atoms with Gasteiger partial charge >= 0.3 is 0 Å². The fourth-order valence-electron chi connectivity index (χ4n) is 1.90. The lowest BCUT2D eigenvalue weighted by Crippen LogP contribution is -2.34. The van der Waals surface area contributed by atoms with Gasteiger partial charge < -0.3 is 16.2 Å². The molecule has 0 fully saturated rings. The molecule has 4 N–H and O–H groups in total. The van der Waals surface area contributed by atoms with Crippen LogP contribution in [0.3, 0.4) is 0 Å². The van der Waals surface area contributed by atoms with Gasteiger partial charge in [-0.1, -0.05) is 13.8 Å². The first-order chi connectivity index (χ1) is 9.26. The quantitative estimate of drug-likeness (QED) is 0.700. The molecule has 0 aliphatic carbocycles. The molecule has 1 aromatic rings. The third kappa shape index (κ3) is 4.49. The maximum atomic E-state index is 13.6. The number of nitrogens with two attached hydrogens (primary N) is 1. The second-order valence-corrected chi connectivity index (χ2v) is 5.85. The number of carbonyl (C=O) groups is 1. The lowest BCUT2D eigenvalue weighted by molar-refractivity contribution is 0.0932. The summed E-state index contributed by atoms with van der Waals surface area (Å²) in [5.41, 5.74) is 6.39. The van der Waals surface area contributed by atoms with Crippen LogP contribution >= 0.6 is 0 Å². The van der Waals surface area contributed by atoms with Gasteiger partial charge in [0.05, 0.1) is 0 Å². The third-order valence-corrected chi connectivity index (χ3v) is 3.39. The summed E-state index contributed by atoms with van der Waals surface area (Å²) in [6.45, 7) is 6.18. The van der Waals surface area contributed by atoms with Crippen molar-refractivity contribution in [3.8, 4) is 0 Å². The van der Waals surface area contributed by atoms with E-state index in [2.05, 4.69) is 5.32 Å². The monoisotopic (exact) mass is 282 g/mol. The molecule has 0 unspecified atom stereocenters. The Bertz CT molecular complexity index is 464. The zero-order chi connectivity index (χ0) is 15.3. The standard InChI is InChI=1S/C15H23FN2O2/c1-10-12(16)7-11(8-13(10)17)14(20)18-9-15(2,3)5-4-6-19/h7-8,19H,4-6,9,17H2,1-3H3,(H,18,20). The number of hydrogen-bond acceptors (Lipinski definition) is 3. The van der Waals surface area contributed by atoms with Gasteiger partial charge in [0.25, 0.3) is 5.91 Å². The smallest absolute Gasteiger partial charge is 0.251 e. The van der Waals surface area contributed by atoms with E-state index in [1.807, 2.05) is 13.8 Å². The van der Waals surface area contributed by atoms with Gasteiger partial charge in [-0.25, -0.2) is 4.39 Å². The zero-order valence-electron chi connectivity index (χ0n) is 12.3. The number of aliphatic hydroxyl groups is 1. The molecule has 1 aromatic carbocycles. The van der Waals surface area contributed by atoms with Crippen LogP contribution in [0, 0.1) is 18.2 Å². The zero-order valence-corrected chi connectivity index (χ0v) is 12.3. The van der Waals surface area contributed by atoms with Crippen LogP contribution in [0.4, 0.5) is 10.1 Å². The number of halogens is 1. The van der Waals surface area contributed by atoms with Gasteiger partial charge in [-0.05, 0) is 37.3 Å². The van der Waals surface area contributed by atoms with Gasteiger partial charge in [0.15, 0.2) is 0 Å². The Morgan fingerprint density at radius 2 is 2.10 bits per heavy atom. The molecule has 0 heterocycles. The first kappa shape index (κ1) is 16.4. The Morgan fingerprint density at radius 1 is 1.45 bits per heavy atom. The highest BCUT2D eigenvalue weighted by Crippen LogP contribution is 2.21. The molecule has 20 heavy (non-hydrogen) atoms. The summed E-state index contributed by atoms with van der Waals surface area (Å²) in [5, 5.41) is 11.6. The molecule has 0 saturated heterocycles. The molecule has 0 aromatic heterocycles. The van der Waals surface area contributed by atoms with Crippen molar-refractivity contribution in [1.29, 1.82) is 0 Å². The number of nitrogens with one attached hydrogen (secondary N) is 1. The summed E-state index contributed by atoms with van der Waals surface area (Å²) in [7, 11) is 0. The van der Waals surface area contributed by atoms with Gasteiger partial charge in [0.1, 0.15) is 5.82 Å². The Kier molecular flexibility index (Phi) is 5.51. The van der Waals surface area contributed by atoms with Crippen molar-refractivity contribution in [1.82, 2.24) is 5.32 Å². The average molecular weight is 282 g/mol. The molecule has 1 rings (SSSR count). The van der Waals surface area contributed by atoms with Crippen molar-refractivity contribution in [2.75, 3.05) is 18.9 Å². The van der Waals surface area contributed by atoms with Crippen LogP contribution in [-0.4, -0.2) is 24.2 Å². The summed E-state index contributed by atoms with van der Waals surface area (Å²) in [6.07, 6.45) is 1.49. The lowest BCUT2D eigenvalue weighted by atomic mass is 9.88. The molecule has 0 saturated carbocycles. The van der Waals surface area contributed by atoms with Gasteiger partial charge in [-0.2, -0.15) is 0 Å². The first-order valence-electron chi connectivity index (χ1n) is 6.71. The summed E-state index contributed by atoms with van der Waals surface area (Å²) in [6, 6.07) is 2.68. The Morgan fingerprint density at radius 3 is 2.65 bits per heavy atom. The Balaban J connectivity index is 2.68. The van der Waals surface area contributed by atoms with Crippen LogP contribution in [0.1, 0.15) is 42.6 Å². The van der Waals surface area contributed by atoms with E-state index >= 15 is 0 Å². The van der Waals surface area contributed by atoms with Crippen LogP contribution in [-0.2, 0) is 0 Å². The van der Waals surface area contributed by atoms with E-state index in [9.17, 15) is 9.18 Å². The van der Waals surface area contributed by atoms with E-state index in [4.69, 9.17) is 10.8 Å². The van der Waals surface area contributed by atoms with Crippen LogP contribution in [0.15, 0.2) is 12.1 Å². The summed E-state index contributed by atoms with van der Waals surface area (Å²) in [4.78, 5) is 12.0. The number of benzene rings is 1. The van der Waals surface area contributed by atoms with Crippen molar-refractivity contribution in [3.05, 3.63) is 29.1 Å². The summed E-state index contributed by atoms with van der Waals surface area (Å²) < 4.78 is 13.6.